The van der Waals surface area contributed by atoms with Gasteiger partial charge in [0, 0.05) is 69.9 Å². The van der Waals surface area contributed by atoms with Crippen molar-refractivity contribution in [3.63, 3.8) is 0 Å². The fourth-order valence-corrected chi connectivity index (χ4v) is 4.82. The van der Waals surface area contributed by atoms with Crippen molar-refractivity contribution in [1.82, 2.24) is 19.9 Å². The zero-order valence-corrected chi connectivity index (χ0v) is 20.2. The largest absolute Gasteiger partial charge is 0.256 e. The van der Waals surface area contributed by atoms with Crippen LogP contribution in [-0.2, 0) is 0 Å². The van der Waals surface area contributed by atoms with Gasteiger partial charge in [-0.3, -0.25) is 29.9 Å². The van der Waals surface area contributed by atoms with Gasteiger partial charge in [0.25, 0.3) is 0 Å². The maximum absolute atomic E-state index is 5.02. The zero-order valence-electron chi connectivity index (χ0n) is 20.2. The normalized spacial score (nSPS) is 12.0. The van der Waals surface area contributed by atoms with Crippen LogP contribution in [0.4, 0.5) is 11.4 Å². The highest BCUT2D eigenvalue weighted by Crippen LogP contribution is 2.42. The number of rotatable bonds is 4. The number of pyridine rings is 4. The van der Waals surface area contributed by atoms with Crippen molar-refractivity contribution in [1.29, 1.82) is 0 Å². The third kappa shape index (κ3) is 3.76. The lowest BCUT2D eigenvalue weighted by molar-refractivity contribution is 1.36. The van der Waals surface area contributed by atoms with Gasteiger partial charge in [0.05, 0.1) is 33.4 Å². The molecular formula is C32H20N6. The molecule has 0 amide bonds. The van der Waals surface area contributed by atoms with E-state index < -0.39 is 0 Å². The van der Waals surface area contributed by atoms with Crippen LogP contribution >= 0.6 is 0 Å². The van der Waals surface area contributed by atoms with Gasteiger partial charge in [0.2, 0.25) is 0 Å². The van der Waals surface area contributed by atoms with Crippen LogP contribution < -0.4 is 0 Å². The molecule has 0 saturated heterocycles. The van der Waals surface area contributed by atoms with Crippen molar-refractivity contribution in [3.05, 3.63) is 121 Å². The van der Waals surface area contributed by atoms with E-state index in [-0.39, 0.29) is 0 Å². The summed E-state index contributed by atoms with van der Waals surface area (Å²) in [5.74, 6) is 0. The van der Waals surface area contributed by atoms with Crippen molar-refractivity contribution in [2.45, 2.75) is 0 Å². The molecule has 6 nitrogen and oxygen atoms in total. The molecule has 0 aliphatic rings. The summed E-state index contributed by atoms with van der Waals surface area (Å²) in [7, 11) is 0. The van der Waals surface area contributed by atoms with Gasteiger partial charge in [-0.1, -0.05) is 48.5 Å². The van der Waals surface area contributed by atoms with Gasteiger partial charge in [-0.15, -0.1) is 0 Å². The number of benzene rings is 3. The van der Waals surface area contributed by atoms with E-state index >= 15 is 0 Å². The molecule has 0 fully saturated rings. The SMILES string of the molecule is C(=Nc1c(N=Cc2cccc3cccnc23)c2cccnc2c2ncccc12)c1cccc2cccnc12. The van der Waals surface area contributed by atoms with E-state index in [0.717, 1.165) is 66.1 Å². The molecule has 3 aromatic carbocycles. The molecule has 0 aliphatic heterocycles. The molecule has 0 N–H and O–H groups in total. The van der Waals surface area contributed by atoms with Gasteiger partial charge in [-0.2, -0.15) is 0 Å². The van der Waals surface area contributed by atoms with Gasteiger partial charge < -0.3 is 0 Å². The van der Waals surface area contributed by atoms with Crippen LogP contribution in [0.3, 0.4) is 0 Å². The molecule has 38 heavy (non-hydrogen) atoms. The summed E-state index contributed by atoms with van der Waals surface area (Å²) < 4.78 is 0. The third-order valence-electron chi connectivity index (χ3n) is 6.57. The van der Waals surface area contributed by atoms with E-state index in [2.05, 4.69) is 44.2 Å². The Labute approximate surface area is 218 Å². The molecule has 0 radical (unpaired) electrons. The smallest absolute Gasteiger partial charge is 0.0988 e. The van der Waals surface area contributed by atoms with Gasteiger partial charge >= 0.3 is 0 Å². The second-order valence-corrected chi connectivity index (χ2v) is 8.86. The van der Waals surface area contributed by atoms with E-state index in [1.807, 2.05) is 73.1 Å². The minimum Gasteiger partial charge on any atom is -0.256 e. The number of fused-ring (bicyclic) bond motifs is 5. The zero-order chi connectivity index (χ0) is 25.3. The van der Waals surface area contributed by atoms with E-state index in [0.29, 0.717) is 0 Å². The third-order valence-corrected chi connectivity index (χ3v) is 6.57. The van der Waals surface area contributed by atoms with Crippen molar-refractivity contribution in [2.24, 2.45) is 9.98 Å². The summed E-state index contributed by atoms with van der Waals surface area (Å²) in [6.45, 7) is 0. The minimum absolute atomic E-state index is 0.728. The second-order valence-electron chi connectivity index (χ2n) is 8.86. The first kappa shape index (κ1) is 21.9. The summed E-state index contributed by atoms with van der Waals surface area (Å²) >= 11 is 0. The Balaban J connectivity index is 1.48. The van der Waals surface area contributed by atoms with Crippen LogP contribution in [-0.4, -0.2) is 32.4 Å². The van der Waals surface area contributed by atoms with Crippen LogP contribution in [0.15, 0.2) is 120 Å². The Morgan fingerprint density at radius 3 is 1.29 bits per heavy atom. The Hall–Kier alpha value is -5.36. The summed E-state index contributed by atoms with van der Waals surface area (Å²) in [5.41, 5.74) is 6.69. The van der Waals surface area contributed by atoms with E-state index in [9.17, 15) is 0 Å². The summed E-state index contributed by atoms with van der Waals surface area (Å²) in [5, 5.41) is 3.89. The molecule has 4 heterocycles. The van der Waals surface area contributed by atoms with Crippen molar-refractivity contribution in [3.8, 4) is 0 Å². The lowest BCUT2D eigenvalue weighted by Crippen LogP contribution is -1.90. The molecule has 0 atom stereocenters. The average Bonchev–Trinajstić information content (AvgIpc) is 2.99. The number of hydrogen-bond donors (Lipinski definition) is 0. The number of para-hydroxylation sites is 2. The maximum Gasteiger partial charge on any atom is 0.0988 e. The molecule has 0 bridgehead atoms. The van der Waals surface area contributed by atoms with E-state index in [1.165, 1.54) is 0 Å². The monoisotopic (exact) mass is 488 g/mol. The minimum atomic E-state index is 0.728. The predicted octanol–water partition coefficient (Wildman–Crippen LogP) is 7.38. The Morgan fingerprint density at radius 1 is 0.421 bits per heavy atom. The Morgan fingerprint density at radius 2 is 0.816 bits per heavy atom. The first-order valence-corrected chi connectivity index (χ1v) is 12.3. The highest BCUT2D eigenvalue weighted by Gasteiger charge is 2.15. The fraction of sp³-hybridized carbons (Fsp3) is 0. The standard InChI is InChI=1S/C32H20N6/c1-7-21-11-3-15-33-27(21)23(9-1)19-37-31-25-13-5-17-35-29(25)30-26(14-6-18-36-30)32(31)38-20-24-10-2-8-22-12-4-16-34-28(22)24/h1-20H. The first-order valence-electron chi connectivity index (χ1n) is 12.3. The van der Waals surface area contributed by atoms with Crippen molar-refractivity contribution in [2.75, 3.05) is 0 Å². The molecule has 7 rings (SSSR count). The molecule has 0 aliphatic carbocycles. The fourth-order valence-electron chi connectivity index (χ4n) is 4.82. The Bertz CT molecular complexity index is 1890. The van der Waals surface area contributed by atoms with Crippen molar-refractivity contribution < 1.29 is 0 Å². The van der Waals surface area contributed by atoms with Gasteiger partial charge in [0.15, 0.2) is 0 Å². The predicted molar refractivity (Wildman–Crippen MR) is 155 cm³/mol. The molecule has 0 saturated carbocycles. The number of aliphatic imine (C=N–C) groups is 2. The van der Waals surface area contributed by atoms with E-state index in [1.54, 1.807) is 24.8 Å². The number of aromatic nitrogens is 4. The van der Waals surface area contributed by atoms with Crippen LogP contribution in [0.1, 0.15) is 11.1 Å². The topological polar surface area (TPSA) is 76.3 Å². The summed E-state index contributed by atoms with van der Waals surface area (Å²) in [4.78, 5) is 28.5. The van der Waals surface area contributed by atoms with E-state index in [4.69, 9.17) is 9.98 Å². The summed E-state index contributed by atoms with van der Waals surface area (Å²) in [6.07, 6.45) is 10.9. The van der Waals surface area contributed by atoms with Crippen LogP contribution in [0.25, 0.3) is 43.6 Å². The molecule has 178 valence electrons. The van der Waals surface area contributed by atoms with Crippen LogP contribution in [0.2, 0.25) is 0 Å². The lowest BCUT2D eigenvalue weighted by Gasteiger charge is -2.11. The molecule has 7 aromatic rings. The number of hydrogen-bond acceptors (Lipinski definition) is 6. The summed E-state index contributed by atoms with van der Waals surface area (Å²) in [6, 6.07) is 28.0. The molecular weight excluding hydrogens is 468 g/mol. The molecule has 4 aromatic heterocycles. The second kappa shape index (κ2) is 9.26. The molecule has 6 heteroatoms. The first-order chi connectivity index (χ1) is 18.9. The molecule has 0 spiro atoms. The lowest BCUT2D eigenvalue weighted by atomic mass is 10.1. The molecule has 0 unspecified atom stereocenters. The highest BCUT2D eigenvalue weighted by atomic mass is 14.9. The average molecular weight is 489 g/mol. The Kier molecular flexibility index (Phi) is 5.33. The van der Waals surface area contributed by atoms with Gasteiger partial charge in [-0.25, -0.2) is 0 Å². The van der Waals surface area contributed by atoms with Gasteiger partial charge in [0.1, 0.15) is 0 Å². The van der Waals surface area contributed by atoms with Gasteiger partial charge in [-0.05, 0) is 36.4 Å². The quantitative estimate of drug-likeness (QED) is 0.191. The van der Waals surface area contributed by atoms with Crippen LogP contribution in [0, 0.1) is 0 Å². The van der Waals surface area contributed by atoms with Crippen LogP contribution in [0.5, 0.6) is 0 Å². The number of nitrogens with zero attached hydrogens (tertiary/aromatic N) is 6. The highest BCUT2D eigenvalue weighted by molar-refractivity contribution is 6.17. The van der Waals surface area contributed by atoms with Crippen molar-refractivity contribution >= 4 is 67.4 Å². The maximum atomic E-state index is 5.02.